The van der Waals surface area contributed by atoms with Crippen LogP contribution in [0.15, 0.2) is 30.6 Å². The minimum atomic E-state index is -4.66. The number of thiazole rings is 1. The molecule has 0 unspecified atom stereocenters. The first kappa shape index (κ1) is 33.5. The number of carbonyl (C=O) groups is 2. The van der Waals surface area contributed by atoms with E-state index in [0.29, 0.717) is 50.0 Å². The molecule has 248 valence electrons. The van der Waals surface area contributed by atoms with E-state index in [2.05, 4.69) is 32.1 Å². The topological polar surface area (TPSA) is 119 Å². The van der Waals surface area contributed by atoms with Crippen LogP contribution in [0.2, 0.25) is 0 Å². The van der Waals surface area contributed by atoms with Gasteiger partial charge in [-0.1, -0.05) is 11.3 Å². The molecule has 1 aromatic carbocycles. The number of nitrogens with one attached hydrogen (secondary N) is 1. The number of ether oxygens (including phenoxy) is 3. The lowest BCUT2D eigenvalue weighted by molar-refractivity contribution is -0.146. The van der Waals surface area contributed by atoms with Crippen molar-refractivity contribution in [1.29, 1.82) is 0 Å². The largest absolute Gasteiger partial charge is 0.491 e. The summed E-state index contributed by atoms with van der Waals surface area (Å²) in [7, 11) is 2.83. The van der Waals surface area contributed by atoms with Crippen LogP contribution in [0, 0.1) is 5.92 Å². The number of likely N-dealkylation sites (tertiary alicyclic amines) is 1. The van der Waals surface area contributed by atoms with Gasteiger partial charge in [0.25, 0.3) is 5.91 Å². The molecule has 15 heteroatoms. The van der Waals surface area contributed by atoms with Crippen LogP contribution in [0.1, 0.15) is 53.5 Å². The molecule has 11 nitrogen and oxygen atoms in total. The molecule has 0 spiro atoms. The van der Waals surface area contributed by atoms with Gasteiger partial charge in [-0.2, -0.15) is 13.2 Å². The fraction of sp³-hybridized carbons (Fsp3) is 0.516. The van der Waals surface area contributed by atoms with Gasteiger partial charge in [-0.3, -0.25) is 19.8 Å². The zero-order valence-corrected chi connectivity index (χ0v) is 26.7. The van der Waals surface area contributed by atoms with E-state index in [0.717, 1.165) is 30.3 Å². The zero-order valence-electron chi connectivity index (χ0n) is 25.9. The van der Waals surface area contributed by atoms with Crippen molar-refractivity contribution < 1.29 is 37.0 Å². The van der Waals surface area contributed by atoms with Gasteiger partial charge in [-0.15, -0.1) is 0 Å². The molecule has 0 bridgehead atoms. The zero-order chi connectivity index (χ0) is 32.8. The fourth-order valence-corrected chi connectivity index (χ4v) is 6.69. The van der Waals surface area contributed by atoms with Crippen LogP contribution in [0.5, 0.6) is 5.75 Å². The molecule has 2 aliphatic heterocycles. The predicted molar refractivity (Wildman–Crippen MR) is 166 cm³/mol. The number of esters is 1. The normalized spacial score (nSPS) is 17.7. The Morgan fingerprint density at radius 2 is 1.85 bits per heavy atom. The summed E-state index contributed by atoms with van der Waals surface area (Å²) < 4.78 is 57.3. The van der Waals surface area contributed by atoms with E-state index in [1.54, 1.807) is 6.07 Å². The quantitative estimate of drug-likeness (QED) is 0.215. The van der Waals surface area contributed by atoms with Gasteiger partial charge in [0.2, 0.25) is 0 Å². The van der Waals surface area contributed by atoms with Crippen LogP contribution in [0.25, 0.3) is 11.3 Å². The minimum Gasteiger partial charge on any atom is -0.491 e. The highest BCUT2D eigenvalue weighted by atomic mass is 32.1. The summed E-state index contributed by atoms with van der Waals surface area (Å²) in [6.07, 6.45) is 1.55. The Bertz CT molecular complexity index is 1510. The van der Waals surface area contributed by atoms with Crippen LogP contribution in [-0.2, 0) is 27.0 Å². The molecule has 0 saturated carbocycles. The number of amides is 1. The summed E-state index contributed by atoms with van der Waals surface area (Å²) in [6, 6.07) is 4.20. The van der Waals surface area contributed by atoms with Gasteiger partial charge >= 0.3 is 12.1 Å². The summed E-state index contributed by atoms with van der Waals surface area (Å²) in [4.78, 5) is 43.3. The molecule has 1 N–H and O–H groups in total. The smallest absolute Gasteiger partial charge is 0.419 e. The van der Waals surface area contributed by atoms with Crippen molar-refractivity contribution in [2.45, 2.75) is 51.4 Å². The second kappa shape index (κ2) is 14.7. The number of anilines is 2. The average molecular weight is 663 g/mol. The third-order valence-corrected chi connectivity index (χ3v) is 9.24. The van der Waals surface area contributed by atoms with E-state index in [9.17, 15) is 22.8 Å². The van der Waals surface area contributed by atoms with E-state index < -0.39 is 17.6 Å². The monoisotopic (exact) mass is 662 g/mol. The third-order valence-electron chi connectivity index (χ3n) is 8.28. The summed E-state index contributed by atoms with van der Waals surface area (Å²) in [5.74, 6) is -0.600. The number of aromatic nitrogens is 3. The van der Waals surface area contributed by atoms with Gasteiger partial charge in [-0.05, 0) is 57.4 Å². The highest BCUT2D eigenvalue weighted by Crippen LogP contribution is 2.41. The molecular formula is C31H37F3N6O5S. The minimum absolute atomic E-state index is 0.0261. The van der Waals surface area contributed by atoms with E-state index in [1.807, 2.05) is 4.90 Å². The predicted octanol–water partition coefficient (Wildman–Crippen LogP) is 5.27. The van der Waals surface area contributed by atoms with Crippen LogP contribution in [0.4, 0.5) is 24.1 Å². The maximum Gasteiger partial charge on any atom is 0.419 e. The molecule has 1 atom stereocenters. The van der Waals surface area contributed by atoms with Crippen LogP contribution < -0.4 is 15.0 Å². The number of halogens is 3. The Balaban J connectivity index is 1.35. The molecule has 0 radical (unpaired) electrons. The highest BCUT2D eigenvalue weighted by Gasteiger charge is 2.35. The van der Waals surface area contributed by atoms with Gasteiger partial charge in [0.15, 0.2) is 5.13 Å². The lowest BCUT2D eigenvalue weighted by Crippen LogP contribution is -2.37. The molecule has 2 aromatic heterocycles. The summed E-state index contributed by atoms with van der Waals surface area (Å²) in [6.45, 7) is 4.80. The second-order valence-electron chi connectivity index (χ2n) is 11.3. The van der Waals surface area contributed by atoms with Crippen molar-refractivity contribution >= 4 is 34.2 Å². The molecule has 1 amide bonds. The Hall–Kier alpha value is -3.82. The number of hydrogen-bond acceptors (Lipinski definition) is 11. The SMILES string of the molecule is COCCOc1ccc(-c2nc(NC(=O)c3cnc(N4CCC(C(=O)OC)CC4)cn3)sc2CN2CCC[C@H]2C)cc1C(F)(F)F. The molecule has 0 aliphatic carbocycles. The molecule has 5 rings (SSSR count). The molecule has 2 fully saturated rings. The molecule has 46 heavy (non-hydrogen) atoms. The number of rotatable bonds is 11. The van der Waals surface area contributed by atoms with E-state index in [1.165, 1.54) is 44.0 Å². The Morgan fingerprint density at radius 3 is 2.48 bits per heavy atom. The highest BCUT2D eigenvalue weighted by molar-refractivity contribution is 7.16. The second-order valence-corrected chi connectivity index (χ2v) is 12.4. The summed E-state index contributed by atoms with van der Waals surface area (Å²) >= 11 is 1.22. The Kier molecular flexibility index (Phi) is 10.7. The molecule has 4 heterocycles. The lowest BCUT2D eigenvalue weighted by atomic mass is 9.97. The van der Waals surface area contributed by atoms with Gasteiger partial charge in [-0.25, -0.2) is 15.0 Å². The van der Waals surface area contributed by atoms with Crippen molar-refractivity contribution in [3.05, 3.63) is 46.7 Å². The number of nitrogens with zero attached hydrogens (tertiary/aromatic N) is 5. The summed E-state index contributed by atoms with van der Waals surface area (Å²) in [5.41, 5.74) is -0.211. The molecule has 2 aliphatic rings. The van der Waals surface area contributed by atoms with E-state index in [4.69, 9.17) is 14.2 Å². The van der Waals surface area contributed by atoms with Crippen molar-refractivity contribution in [2.24, 2.45) is 5.92 Å². The Labute approximate surface area is 269 Å². The van der Waals surface area contributed by atoms with E-state index in [-0.39, 0.29) is 47.2 Å². The van der Waals surface area contributed by atoms with E-state index >= 15 is 0 Å². The van der Waals surface area contributed by atoms with Crippen molar-refractivity contribution in [3.63, 3.8) is 0 Å². The first-order valence-corrected chi connectivity index (χ1v) is 15.9. The first-order chi connectivity index (χ1) is 22.1. The third kappa shape index (κ3) is 7.93. The van der Waals surface area contributed by atoms with Crippen molar-refractivity contribution in [1.82, 2.24) is 19.9 Å². The van der Waals surface area contributed by atoms with Gasteiger partial charge in [0.1, 0.15) is 23.9 Å². The number of carbonyl (C=O) groups excluding carboxylic acids is 2. The van der Waals surface area contributed by atoms with Gasteiger partial charge in [0.05, 0.1) is 43.3 Å². The Morgan fingerprint density at radius 1 is 1.07 bits per heavy atom. The lowest BCUT2D eigenvalue weighted by Gasteiger charge is -2.31. The van der Waals surface area contributed by atoms with Gasteiger partial charge < -0.3 is 19.1 Å². The molecule has 3 aromatic rings. The number of methoxy groups -OCH3 is 2. The standard InChI is InChI=1S/C31H37F3N6O5S/c1-19-5-4-10-40(19)18-25-27(21-6-7-24(45-14-13-43-2)22(15-21)31(32,33)34)37-30(46-25)38-28(41)23-16-36-26(17-35-23)39-11-8-20(9-12-39)29(42)44-3/h6-7,15-17,19-20H,4-5,8-14,18H2,1-3H3,(H,37,38,41)/t19-/m1/s1. The van der Waals surface area contributed by atoms with Gasteiger partial charge in [0, 0.05) is 43.2 Å². The summed E-state index contributed by atoms with van der Waals surface area (Å²) in [5, 5.41) is 3.00. The average Bonchev–Trinajstić information content (AvgIpc) is 3.65. The number of alkyl halides is 3. The fourth-order valence-electron chi connectivity index (χ4n) is 5.68. The maximum absolute atomic E-state index is 14.1. The van der Waals surface area contributed by atoms with Crippen molar-refractivity contribution in [2.75, 3.05) is 57.3 Å². The van der Waals surface area contributed by atoms with Crippen molar-refractivity contribution in [3.8, 4) is 17.0 Å². The number of hydrogen-bond donors (Lipinski definition) is 1. The number of benzene rings is 1. The number of piperidine rings is 1. The van der Waals surface area contributed by atoms with Crippen LogP contribution in [-0.4, -0.2) is 84.8 Å². The molecular weight excluding hydrogens is 625 g/mol. The van der Waals surface area contributed by atoms with Crippen LogP contribution in [0.3, 0.4) is 0 Å². The van der Waals surface area contributed by atoms with Crippen LogP contribution >= 0.6 is 11.3 Å². The first-order valence-electron chi connectivity index (χ1n) is 15.1. The molecule has 2 saturated heterocycles. The maximum atomic E-state index is 14.1.